The van der Waals surface area contributed by atoms with E-state index < -0.39 is 0 Å². The average Bonchev–Trinajstić information content (AvgIpc) is 2.03. The minimum Gasteiger partial charge on any atom is -0.329 e. The normalized spacial score (nSPS) is 13.0. The van der Waals surface area contributed by atoms with E-state index in [-0.39, 0.29) is 6.04 Å². The van der Waals surface area contributed by atoms with Gasteiger partial charge in [0, 0.05) is 21.5 Å². The first-order valence-electron chi connectivity index (χ1n) is 3.55. The summed E-state index contributed by atoms with van der Waals surface area (Å²) in [7, 11) is 0. The van der Waals surface area contributed by atoms with E-state index in [1.54, 1.807) is 0 Å². The van der Waals surface area contributed by atoms with Crippen molar-refractivity contribution < 1.29 is 0 Å². The van der Waals surface area contributed by atoms with Crippen LogP contribution in [0.3, 0.4) is 0 Å². The van der Waals surface area contributed by atoms with Gasteiger partial charge in [0.05, 0.1) is 0 Å². The molecule has 0 aromatic heterocycles. The largest absolute Gasteiger partial charge is 0.329 e. The van der Waals surface area contributed by atoms with Crippen LogP contribution in [0.15, 0.2) is 27.1 Å². The standard InChI is InChI=1S/C8H10Br2N2/c9-5-1-2-6(7(10)3-5)8(12)4-11/h1-3,8H,4,11-12H2/t8-/m1/s1. The molecule has 1 rings (SSSR count). The third kappa shape index (κ3) is 2.29. The van der Waals surface area contributed by atoms with Crippen molar-refractivity contribution in [1.29, 1.82) is 0 Å². The van der Waals surface area contributed by atoms with Gasteiger partial charge < -0.3 is 11.5 Å². The van der Waals surface area contributed by atoms with Crippen LogP contribution in [-0.2, 0) is 0 Å². The molecule has 0 aliphatic heterocycles. The number of nitrogens with two attached hydrogens (primary N) is 2. The van der Waals surface area contributed by atoms with Gasteiger partial charge >= 0.3 is 0 Å². The lowest BCUT2D eigenvalue weighted by molar-refractivity contribution is 0.733. The van der Waals surface area contributed by atoms with Crippen molar-refractivity contribution in [3.8, 4) is 0 Å². The van der Waals surface area contributed by atoms with Gasteiger partial charge in [-0.2, -0.15) is 0 Å². The molecule has 0 radical (unpaired) electrons. The van der Waals surface area contributed by atoms with Crippen LogP contribution >= 0.6 is 31.9 Å². The minimum absolute atomic E-state index is 0.0903. The fraction of sp³-hybridized carbons (Fsp3) is 0.250. The highest BCUT2D eigenvalue weighted by Gasteiger charge is 2.07. The molecule has 2 nitrogen and oxygen atoms in total. The van der Waals surface area contributed by atoms with E-state index in [1.165, 1.54) is 0 Å². The van der Waals surface area contributed by atoms with E-state index in [4.69, 9.17) is 11.5 Å². The summed E-state index contributed by atoms with van der Waals surface area (Å²) in [5, 5.41) is 0. The van der Waals surface area contributed by atoms with Crippen molar-refractivity contribution in [2.24, 2.45) is 11.5 Å². The van der Waals surface area contributed by atoms with E-state index in [0.717, 1.165) is 14.5 Å². The Morgan fingerprint density at radius 3 is 2.50 bits per heavy atom. The number of rotatable bonds is 2. The Balaban J connectivity index is 3.01. The van der Waals surface area contributed by atoms with E-state index in [0.29, 0.717) is 6.54 Å². The molecule has 0 aliphatic rings. The second-order valence-electron chi connectivity index (χ2n) is 2.51. The predicted molar refractivity (Wildman–Crippen MR) is 57.8 cm³/mol. The van der Waals surface area contributed by atoms with Crippen LogP contribution in [0.1, 0.15) is 11.6 Å². The van der Waals surface area contributed by atoms with Crippen LogP contribution in [0.2, 0.25) is 0 Å². The molecule has 0 amide bonds. The topological polar surface area (TPSA) is 52.0 Å². The molecule has 12 heavy (non-hydrogen) atoms. The Bertz CT molecular complexity index is 276. The van der Waals surface area contributed by atoms with E-state index in [2.05, 4.69) is 31.9 Å². The van der Waals surface area contributed by atoms with Gasteiger partial charge in [0.2, 0.25) is 0 Å². The molecule has 0 unspecified atom stereocenters. The van der Waals surface area contributed by atoms with Gasteiger partial charge in [-0.25, -0.2) is 0 Å². The van der Waals surface area contributed by atoms with Crippen LogP contribution in [0.25, 0.3) is 0 Å². The van der Waals surface area contributed by atoms with Crippen molar-refractivity contribution in [3.63, 3.8) is 0 Å². The maximum absolute atomic E-state index is 5.77. The van der Waals surface area contributed by atoms with Gasteiger partial charge in [0.1, 0.15) is 0 Å². The average molecular weight is 294 g/mol. The van der Waals surface area contributed by atoms with Gasteiger partial charge in [-0.15, -0.1) is 0 Å². The summed E-state index contributed by atoms with van der Waals surface area (Å²) in [5.74, 6) is 0. The molecule has 1 atom stereocenters. The summed E-state index contributed by atoms with van der Waals surface area (Å²) in [6, 6.07) is 5.79. The Kier molecular flexibility index (Phi) is 3.71. The number of hydrogen-bond donors (Lipinski definition) is 2. The van der Waals surface area contributed by atoms with Crippen LogP contribution in [0.5, 0.6) is 0 Å². The van der Waals surface area contributed by atoms with Gasteiger partial charge in [0.25, 0.3) is 0 Å². The summed E-state index contributed by atoms with van der Waals surface area (Å²) in [5.41, 5.74) is 12.3. The minimum atomic E-state index is -0.0903. The molecular formula is C8H10Br2N2. The Hall–Kier alpha value is 0.1000. The van der Waals surface area contributed by atoms with E-state index in [9.17, 15) is 0 Å². The van der Waals surface area contributed by atoms with Gasteiger partial charge in [-0.1, -0.05) is 37.9 Å². The van der Waals surface area contributed by atoms with E-state index in [1.807, 2.05) is 18.2 Å². The Morgan fingerprint density at radius 2 is 2.00 bits per heavy atom. The molecule has 0 bridgehead atoms. The van der Waals surface area contributed by atoms with Crippen LogP contribution in [0.4, 0.5) is 0 Å². The highest BCUT2D eigenvalue weighted by Crippen LogP contribution is 2.25. The van der Waals surface area contributed by atoms with Crippen LogP contribution in [0, 0.1) is 0 Å². The van der Waals surface area contributed by atoms with Crippen molar-refractivity contribution in [1.82, 2.24) is 0 Å². The molecule has 0 spiro atoms. The lowest BCUT2D eigenvalue weighted by Crippen LogP contribution is -2.21. The molecular weight excluding hydrogens is 284 g/mol. The molecule has 0 aliphatic carbocycles. The lowest BCUT2D eigenvalue weighted by atomic mass is 10.1. The fourth-order valence-corrected chi connectivity index (χ4v) is 2.27. The smallest absolute Gasteiger partial charge is 0.0430 e. The zero-order valence-corrected chi connectivity index (χ0v) is 9.60. The Morgan fingerprint density at radius 1 is 1.33 bits per heavy atom. The van der Waals surface area contributed by atoms with Crippen molar-refractivity contribution in [3.05, 3.63) is 32.7 Å². The maximum atomic E-state index is 5.77. The number of benzene rings is 1. The van der Waals surface area contributed by atoms with Gasteiger partial charge in [0.15, 0.2) is 0 Å². The second kappa shape index (κ2) is 4.37. The molecule has 66 valence electrons. The van der Waals surface area contributed by atoms with Gasteiger partial charge in [-0.05, 0) is 17.7 Å². The maximum Gasteiger partial charge on any atom is 0.0430 e. The quantitative estimate of drug-likeness (QED) is 0.878. The molecule has 4 N–H and O–H groups in total. The van der Waals surface area contributed by atoms with E-state index >= 15 is 0 Å². The molecule has 0 fully saturated rings. The molecule has 1 aromatic carbocycles. The number of halogens is 2. The highest BCUT2D eigenvalue weighted by atomic mass is 79.9. The Labute approximate surface area is 88.6 Å². The SMILES string of the molecule is NC[C@@H](N)c1ccc(Br)cc1Br. The molecule has 0 saturated heterocycles. The van der Waals surface area contributed by atoms with Gasteiger partial charge in [-0.3, -0.25) is 0 Å². The molecule has 0 saturated carbocycles. The lowest BCUT2D eigenvalue weighted by Gasteiger charge is -2.11. The van der Waals surface area contributed by atoms with Crippen molar-refractivity contribution in [2.75, 3.05) is 6.54 Å². The second-order valence-corrected chi connectivity index (χ2v) is 4.28. The predicted octanol–water partition coefficient (Wildman–Crippen LogP) is 2.17. The first-order chi connectivity index (χ1) is 5.65. The third-order valence-electron chi connectivity index (χ3n) is 1.62. The third-order valence-corrected chi connectivity index (χ3v) is 2.80. The molecule has 1 aromatic rings. The van der Waals surface area contributed by atoms with Crippen LogP contribution in [-0.4, -0.2) is 6.54 Å². The first-order valence-corrected chi connectivity index (χ1v) is 5.14. The van der Waals surface area contributed by atoms with Crippen molar-refractivity contribution >= 4 is 31.9 Å². The van der Waals surface area contributed by atoms with Crippen molar-refractivity contribution in [2.45, 2.75) is 6.04 Å². The summed E-state index contributed by atoms with van der Waals surface area (Å²) in [6.07, 6.45) is 0. The monoisotopic (exact) mass is 292 g/mol. The zero-order valence-electron chi connectivity index (χ0n) is 6.43. The molecule has 4 heteroatoms. The zero-order chi connectivity index (χ0) is 9.14. The summed E-state index contributed by atoms with van der Waals surface area (Å²) in [4.78, 5) is 0. The number of hydrogen-bond acceptors (Lipinski definition) is 2. The highest BCUT2D eigenvalue weighted by molar-refractivity contribution is 9.11. The summed E-state index contributed by atoms with van der Waals surface area (Å²) >= 11 is 6.79. The first kappa shape index (κ1) is 10.2. The fourth-order valence-electron chi connectivity index (χ4n) is 0.929. The van der Waals surface area contributed by atoms with Crippen LogP contribution < -0.4 is 11.5 Å². The molecule has 0 heterocycles. The summed E-state index contributed by atoms with van der Waals surface area (Å²) in [6.45, 7) is 0.459. The summed E-state index contributed by atoms with van der Waals surface area (Å²) < 4.78 is 2.03.